The van der Waals surface area contributed by atoms with Crippen molar-refractivity contribution in [1.29, 1.82) is 0 Å². The van der Waals surface area contributed by atoms with Gasteiger partial charge in [-0.05, 0) is 37.6 Å². The van der Waals surface area contributed by atoms with Crippen molar-refractivity contribution in [2.75, 3.05) is 45.6 Å². The third-order valence-electron chi connectivity index (χ3n) is 3.69. The van der Waals surface area contributed by atoms with Crippen molar-refractivity contribution >= 4 is 41.7 Å². The van der Waals surface area contributed by atoms with Gasteiger partial charge < -0.3 is 15.0 Å². The van der Waals surface area contributed by atoms with Gasteiger partial charge in [0, 0.05) is 43.3 Å². The molecule has 0 saturated carbocycles. The number of nitrogens with zero attached hydrogens (tertiary/aromatic N) is 2. The average molecular weight is 467 g/mol. The van der Waals surface area contributed by atoms with E-state index in [9.17, 15) is 4.39 Å². The van der Waals surface area contributed by atoms with Gasteiger partial charge in [0.2, 0.25) is 0 Å². The van der Waals surface area contributed by atoms with Gasteiger partial charge in [-0.2, -0.15) is 0 Å². The van der Waals surface area contributed by atoms with Crippen LogP contribution in [0.15, 0.2) is 34.2 Å². The number of nitrogens with one attached hydrogen (secondary N) is 1. The third kappa shape index (κ3) is 7.57. The van der Waals surface area contributed by atoms with Gasteiger partial charge in [-0.25, -0.2) is 4.39 Å². The molecule has 1 aromatic carbocycles. The Hall–Kier alpha value is -0.540. The molecule has 1 aliphatic heterocycles. The van der Waals surface area contributed by atoms with Gasteiger partial charge in [-0.15, -0.1) is 35.7 Å². The summed E-state index contributed by atoms with van der Waals surface area (Å²) in [5, 5.41) is 3.34. The van der Waals surface area contributed by atoms with Crippen LogP contribution >= 0.6 is 35.7 Å². The van der Waals surface area contributed by atoms with E-state index < -0.39 is 0 Å². The predicted octanol–water partition coefficient (Wildman–Crippen LogP) is 3.47. The summed E-state index contributed by atoms with van der Waals surface area (Å²) in [7, 11) is 2.08. The smallest absolute Gasteiger partial charge is 0.193 e. The van der Waals surface area contributed by atoms with Crippen LogP contribution in [0.2, 0.25) is 0 Å². The fourth-order valence-corrected chi connectivity index (χ4v) is 3.26. The molecule has 0 amide bonds. The zero-order chi connectivity index (χ0) is 16.5. The topological polar surface area (TPSA) is 36.9 Å². The summed E-state index contributed by atoms with van der Waals surface area (Å²) < 4.78 is 18.3. The Kier molecular flexibility index (Phi) is 10.7. The Morgan fingerprint density at radius 2 is 2.17 bits per heavy atom. The van der Waals surface area contributed by atoms with Crippen LogP contribution in [-0.2, 0) is 4.74 Å². The molecule has 1 heterocycles. The molecule has 1 aromatic rings. The molecule has 1 aliphatic rings. The van der Waals surface area contributed by atoms with Crippen molar-refractivity contribution in [3.63, 3.8) is 0 Å². The lowest BCUT2D eigenvalue weighted by Gasteiger charge is -2.24. The Bertz CT molecular complexity index is 495. The number of hydrogen-bond acceptors (Lipinski definition) is 3. The van der Waals surface area contributed by atoms with E-state index in [0.717, 1.165) is 55.9 Å². The lowest BCUT2D eigenvalue weighted by atomic mass is 10.1. The van der Waals surface area contributed by atoms with Gasteiger partial charge in [0.05, 0.1) is 13.2 Å². The molecule has 2 rings (SSSR count). The molecule has 0 aliphatic carbocycles. The summed E-state index contributed by atoms with van der Waals surface area (Å²) in [6.45, 7) is 6.36. The molecule has 1 fully saturated rings. The van der Waals surface area contributed by atoms with E-state index >= 15 is 0 Å². The minimum Gasteiger partial charge on any atom is -0.381 e. The molecule has 1 unspecified atom stereocenters. The first kappa shape index (κ1) is 21.5. The third-order valence-corrected chi connectivity index (χ3v) is 4.68. The Morgan fingerprint density at radius 3 is 2.79 bits per heavy atom. The quantitative estimate of drug-likeness (QED) is 0.219. The first-order valence-electron chi connectivity index (χ1n) is 8.14. The van der Waals surface area contributed by atoms with Crippen LogP contribution in [0.25, 0.3) is 0 Å². The number of guanidine groups is 1. The molecule has 7 heteroatoms. The molecular weight excluding hydrogens is 440 g/mol. The summed E-state index contributed by atoms with van der Waals surface area (Å²) in [6.07, 6.45) is 1.13. The molecule has 0 spiro atoms. The second-order valence-corrected chi connectivity index (χ2v) is 6.82. The molecule has 1 N–H and O–H groups in total. The Balaban J connectivity index is 0.00000288. The van der Waals surface area contributed by atoms with E-state index in [-0.39, 0.29) is 29.8 Å². The molecule has 1 atom stereocenters. The van der Waals surface area contributed by atoms with Crippen LogP contribution in [0.3, 0.4) is 0 Å². The van der Waals surface area contributed by atoms with Crippen molar-refractivity contribution in [3.8, 4) is 0 Å². The predicted molar refractivity (Wildman–Crippen MR) is 110 cm³/mol. The fraction of sp³-hybridized carbons (Fsp3) is 0.588. The van der Waals surface area contributed by atoms with Gasteiger partial charge in [0.1, 0.15) is 5.82 Å². The highest BCUT2D eigenvalue weighted by molar-refractivity contribution is 14.0. The molecule has 136 valence electrons. The molecule has 0 aromatic heterocycles. The number of halogens is 2. The van der Waals surface area contributed by atoms with Gasteiger partial charge in [-0.3, -0.25) is 4.99 Å². The standard InChI is InChI=1S/C17H26FN3OS.HI/c1-3-19-17(21(2)12-14-8-10-22-13-14)20-9-11-23-16-6-4-15(18)5-7-16;/h4-7,14H,3,8-13H2,1-2H3,(H,19,20);1H. The zero-order valence-corrected chi connectivity index (χ0v) is 17.5. The van der Waals surface area contributed by atoms with Crippen molar-refractivity contribution in [2.45, 2.75) is 18.2 Å². The van der Waals surface area contributed by atoms with Crippen LogP contribution in [0.4, 0.5) is 4.39 Å². The summed E-state index contributed by atoms with van der Waals surface area (Å²) >= 11 is 1.69. The van der Waals surface area contributed by atoms with Gasteiger partial charge in [0.25, 0.3) is 0 Å². The summed E-state index contributed by atoms with van der Waals surface area (Å²) in [5.41, 5.74) is 0. The second kappa shape index (κ2) is 11.9. The lowest BCUT2D eigenvalue weighted by molar-refractivity contribution is 0.181. The zero-order valence-electron chi connectivity index (χ0n) is 14.3. The first-order valence-corrected chi connectivity index (χ1v) is 9.13. The summed E-state index contributed by atoms with van der Waals surface area (Å²) in [5.74, 6) is 2.22. The molecule has 0 radical (unpaired) electrons. The number of rotatable bonds is 7. The van der Waals surface area contributed by atoms with E-state index in [2.05, 4.69) is 29.2 Å². The second-order valence-electron chi connectivity index (χ2n) is 5.65. The molecule has 0 bridgehead atoms. The Labute approximate surface area is 165 Å². The first-order chi connectivity index (χ1) is 11.2. The molecular formula is C17H27FIN3OS. The number of aliphatic imine (C=N–C) groups is 1. The summed E-state index contributed by atoms with van der Waals surface area (Å²) in [4.78, 5) is 7.94. The van der Waals surface area contributed by atoms with Crippen LogP contribution in [0, 0.1) is 11.7 Å². The van der Waals surface area contributed by atoms with Crippen molar-refractivity contribution in [1.82, 2.24) is 10.2 Å². The minimum absolute atomic E-state index is 0. The van der Waals surface area contributed by atoms with Crippen LogP contribution in [0.1, 0.15) is 13.3 Å². The average Bonchev–Trinajstić information content (AvgIpc) is 3.05. The van der Waals surface area contributed by atoms with Crippen LogP contribution < -0.4 is 5.32 Å². The Morgan fingerprint density at radius 1 is 1.42 bits per heavy atom. The van der Waals surface area contributed by atoms with Crippen molar-refractivity contribution < 1.29 is 9.13 Å². The maximum Gasteiger partial charge on any atom is 0.193 e. The minimum atomic E-state index is -0.195. The highest BCUT2D eigenvalue weighted by atomic mass is 127. The lowest BCUT2D eigenvalue weighted by Crippen LogP contribution is -2.41. The fourth-order valence-electron chi connectivity index (χ4n) is 2.52. The monoisotopic (exact) mass is 467 g/mol. The van der Waals surface area contributed by atoms with E-state index in [4.69, 9.17) is 4.74 Å². The molecule has 24 heavy (non-hydrogen) atoms. The SMILES string of the molecule is CCNC(=NCCSc1ccc(F)cc1)N(C)CC1CCOC1.I. The van der Waals surface area contributed by atoms with E-state index in [1.807, 2.05) is 0 Å². The number of benzene rings is 1. The van der Waals surface area contributed by atoms with Crippen molar-refractivity contribution in [2.24, 2.45) is 10.9 Å². The van der Waals surface area contributed by atoms with Crippen molar-refractivity contribution in [3.05, 3.63) is 30.1 Å². The normalized spacial score (nSPS) is 17.5. The summed E-state index contributed by atoms with van der Waals surface area (Å²) in [6, 6.07) is 6.60. The van der Waals surface area contributed by atoms with Crippen LogP contribution in [-0.4, -0.2) is 56.5 Å². The van der Waals surface area contributed by atoms with Crippen LogP contribution in [0.5, 0.6) is 0 Å². The van der Waals surface area contributed by atoms with Gasteiger partial charge in [0.15, 0.2) is 5.96 Å². The van der Waals surface area contributed by atoms with E-state index in [1.54, 1.807) is 23.9 Å². The van der Waals surface area contributed by atoms with Gasteiger partial charge in [-0.1, -0.05) is 0 Å². The largest absolute Gasteiger partial charge is 0.381 e. The molecule has 1 saturated heterocycles. The van der Waals surface area contributed by atoms with E-state index in [1.165, 1.54) is 12.1 Å². The highest BCUT2D eigenvalue weighted by Gasteiger charge is 2.18. The van der Waals surface area contributed by atoms with E-state index in [0.29, 0.717) is 5.92 Å². The highest BCUT2D eigenvalue weighted by Crippen LogP contribution is 2.17. The maximum absolute atomic E-state index is 12.9. The molecule has 4 nitrogen and oxygen atoms in total. The number of thioether (sulfide) groups is 1. The van der Waals surface area contributed by atoms with Gasteiger partial charge >= 0.3 is 0 Å². The number of hydrogen-bond donors (Lipinski definition) is 1. The maximum atomic E-state index is 12.9. The number of ether oxygens (including phenoxy) is 1.